The van der Waals surface area contributed by atoms with Gasteiger partial charge in [-0.05, 0) is 70.2 Å². The molecule has 1 aliphatic heterocycles. The van der Waals surface area contributed by atoms with Gasteiger partial charge in [0.25, 0.3) is 11.8 Å². The number of rotatable bonds is 3. The van der Waals surface area contributed by atoms with Crippen LogP contribution in [0.15, 0.2) is 42.5 Å². The second-order valence-electron chi connectivity index (χ2n) is 7.62. The van der Waals surface area contributed by atoms with Crippen LogP contribution in [0.4, 0.5) is 21.9 Å². The van der Waals surface area contributed by atoms with Gasteiger partial charge in [-0.1, -0.05) is 0 Å². The van der Waals surface area contributed by atoms with Crippen molar-refractivity contribution in [3.05, 3.63) is 48.0 Å². The van der Waals surface area contributed by atoms with Crippen LogP contribution in [0.3, 0.4) is 0 Å². The van der Waals surface area contributed by atoms with Gasteiger partial charge in [-0.3, -0.25) is 14.9 Å². The van der Waals surface area contributed by atoms with Crippen molar-refractivity contribution < 1.29 is 23.9 Å². The van der Waals surface area contributed by atoms with Gasteiger partial charge in [0.15, 0.2) is 6.10 Å². The van der Waals surface area contributed by atoms with Crippen LogP contribution < -0.4 is 20.7 Å². The zero-order chi connectivity index (χ0) is 21.2. The number of fused-ring (bicyclic) bond motifs is 1. The summed E-state index contributed by atoms with van der Waals surface area (Å²) in [6, 6.07) is 11.4. The summed E-state index contributed by atoms with van der Waals surface area (Å²) in [4.78, 5) is 36.0. The van der Waals surface area contributed by atoms with E-state index in [1.54, 1.807) is 70.2 Å². The van der Waals surface area contributed by atoms with E-state index < -0.39 is 17.8 Å². The summed E-state index contributed by atoms with van der Waals surface area (Å²) in [6.45, 7) is 6.99. The topological polar surface area (TPSA) is 106 Å². The first kappa shape index (κ1) is 20.2. The first-order valence-electron chi connectivity index (χ1n) is 9.14. The number of ether oxygens (including phenoxy) is 2. The lowest BCUT2D eigenvalue weighted by Crippen LogP contribution is -2.34. The monoisotopic (exact) mass is 397 g/mol. The molecule has 0 fully saturated rings. The van der Waals surface area contributed by atoms with Crippen LogP contribution in [0.5, 0.6) is 5.75 Å². The lowest BCUT2D eigenvalue weighted by atomic mass is 10.1. The van der Waals surface area contributed by atoms with Crippen LogP contribution >= 0.6 is 0 Å². The maximum absolute atomic E-state index is 12.5. The number of amides is 3. The highest BCUT2D eigenvalue weighted by Crippen LogP contribution is 2.32. The van der Waals surface area contributed by atoms with Gasteiger partial charge in [-0.25, -0.2) is 4.79 Å². The van der Waals surface area contributed by atoms with Gasteiger partial charge in [0, 0.05) is 16.9 Å². The molecule has 0 spiro atoms. The Hall–Kier alpha value is -3.55. The normalized spacial score (nSPS) is 15.4. The summed E-state index contributed by atoms with van der Waals surface area (Å²) in [7, 11) is 0. The lowest BCUT2D eigenvalue weighted by Gasteiger charge is -2.23. The molecule has 3 amide bonds. The fourth-order valence-electron chi connectivity index (χ4n) is 2.62. The van der Waals surface area contributed by atoms with Crippen molar-refractivity contribution in [2.45, 2.75) is 39.4 Å². The molecule has 8 nitrogen and oxygen atoms in total. The van der Waals surface area contributed by atoms with E-state index >= 15 is 0 Å². The van der Waals surface area contributed by atoms with Crippen molar-refractivity contribution in [3.63, 3.8) is 0 Å². The predicted octanol–water partition coefficient (Wildman–Crippen LogP) is 4.01. The molecule has 0 aliphatic carbocycles. The van der Waals surface area contributed by atoms with Gasteiger partial charge in [0.1, 0.15) is 11.4 Å². The Morgan fingerprint density at radius 3 is 2.34 bits per heavy atom. The largest absolute Gasteiger partial charge is 0.479 e. The van der Waals surface area contributed by atoms with Crippen LogP contribution in [0.2, 0.25) is 0 Å². The van der Waals surface area contributed by atoms with Gasteiger partial charge in [0.2, 0.25) is 0 Å². The smallest absolute Gasteiger partial charge is 0.412 e. The van der Waals surface area contributed by atoms with Crippen LogP contribution in [-0.2, 0) is 9.53 Å². The fourth-order valence-corrected chi connectivity index (χ4v) is 2.62. The molecule has 0 aromatic heterocycles. The SMILES string of the molecule is C[C@@H]1Oc2ccc(NC(=O)c3ccc(NC(=O)OC(C)(C)C)cc3)cc2NC1=O. The average molecular weight is 397 g/mol. The van der Waals surface area contributed by atoms with Gasteiger partial charge in [0.05, 0.1) is 5.69 Å². The molecular formula is C21H23N3O5. The van der Waals surface area contributed by atoms with E-state index in [2.05, 4.69) is 16.0 Å². The number of nitrogens with one attached hydrogen (secondary N) is 3. The molecule has 0 unspecified atom stereocenters. The van der Waals surface area contributed by atoms with E-state index in [1.165, 1.54) is 0 Å². The van der Waals surface area contributed by atoms with Crippen molar-refractivity contribution in [2.24, 2.45) is 0 Å². The van der Waals surface area contributed by atoms with Crippen molar-refractivity contribution >= 4 is 35.0 Å². The number of hydrogen-bond donors (Lipinski definition) is 3. The highest BCUT2D eigenvalue weighted by atomic mass is 16.6. The number of benzene rings is 2. The summed E-state index contributed by atoms with van der Waals surface area (Å²) in [5.41, 5.74) is 1.34. The minimum absolute atomic E-state index is 0.242. The lowest BCUT2D eigenvalue weighted by molar-refractivity contribution is -0.122. The Bertz CT molecular complexity index is 948. The average Bonchev–Trinajstić information content (AvgIpc) is 2.62. The number of hydrogen-bond acceptors (Lipinski definition) is 5. The Morgan fingerprint density at radius 1 is 1.03 bits per heavy atom. The van der Waals surface area contributed by atoms with E-state index in [0.717, 1.165) is 0 Å². The fraction of sp³-hybridized carbons (Fsp3) is 0.286. The minimum atomic E-state index is -0.596. The van der Waals surface area contributed by atoms with E-state index in [9.17, 15) is 14.4 Å². The quantitative estimate of drug-likeness (QED) is 0.726. The number of carbonyl (C=O) groups excluding carboxylic acids is 3. The molecule has 8 heteroatoms. The minimum Gasteiger partial charge on any atom is -0.479 e. The molecular weight excluding hydrogens is 374 g/mol. The predicted molar refractivity (Wildman–Crippen MR) is 109 cm³/mol. The Labute approximate surface area is 168 Å². The van der Waals surface area contributed by atoms with Gasteiger partial charge in [-0.15, -0.1) is 0 Å². The molecule has 29 heavy (non-hydrogen) atoms. The maximum Gasteiger partial charge on any atom is 0.412 e. The van der Waals surface area contributed by atoms with E-state index in [1.807, 2.05) is 0 Å². The van der Waals surface area contributed by atoms with Gasteiger partial charge < -0.3 is 20.1 Å². The van der Waals surface area contributed by atoms with E-state index in [-0.39, 0.29) is 11.8 Å². The second-order valence-corrected chi connectivity index (χ2v) is 7.62. The molecule has 2 aromatic rings. The molecule has 0 radical (unpaired) electrons. The molecule has 1 heterocycles. The summed E-state index contributed by atoms with van der Waals surface area (Å²) >= 11 is 0. The van der Waals surface area contributed by atoms with Crippen molar-refractivity contribution in [1.82, 2.24) is 0 Å². The van der Waals surface area contributed by atoms with Gasteiger partial charge in [-0.2, -0.15) is 0 Å². The highest BCUT2D eigenvalue weighted by molar-refractivity contribution is 6.05. The van der Waals surface area contributed by atoms with Crippen LogP contribution in [0.25, 0.3) is 0 Å². The summed E-state index contributed by atoms with van der Waals surface area (Å²) in [5, 5.41) is 8.11. The van der Waals surface area contributed by atoms with Crippen LogP contribution in [-0.4, -0.2) is 29.6 Å². The van der Waals surface area contributed by atoms with Crippen LogP contribution in [0, 0.1) is 0 Å². The Morgan fingerprint density at radius 2 is 1.69 bits per heavy atom. The van der Waals surface area contributed by atoms with Crippen LogP contribution in [0.1, 0.15) is 38.1 Å². The first-order valence-corrected chi connectivity index (χ1v) is 9.14. The molecule has 1 atom stereocenters. The summed E-state index contributed by atoms with van der Waals surface area (Å²) < 4.78 is 10.7. The molecule has 1 aliphatic rings. The van der Waals surface area contributed by atoms with Gasteiger partial charge >= 0.3 is 6.09 Å². The molecule has 0 saturated heterocycles. The number of anilines is 3. The third-order valence-corrected chi connectivity index (χ3v) is 3.96. The van der Waals surface area contributed by atoms with Crippen molar-refractivity contribution in [1.29, 1.82) is 0 Å². The highest BCUT2D eigenvalue weighted by Gasteiger charge is 2.23. The molecule has 0 bridgehead atoms. The summed E-state index contributed by atoms with van der Waals surface area (Å²) in [6.07, 6.45) is -1.13. The molecule has 3 N–H and O–H groups in total. The molecule has 152 valence electrons. The summed E-state index contributed by atoms with van der Waals surface area (Å²) in [5.74, 6) is -0.0214. The van der Waals surface area contributed by atoms with E-state index in [0.29, 0.717) is 28.4 Å². The Kier molecular flexibility index (Phi) is 5.45. The second kappa shape index (κ2) is 7.83. The third-order valence-electron chi connectivity index (χ3n) is 3.96. The molecule has 3 rings (SSSR count). The van der Waals surface area contributed by atoms with Crippen molar-refractivity contribution in [2.75, 3.05) is 16.0 Å². The molecule has 2 aromatic carbocycles. The Balaban J connectivity index is 1.63. The third kappa shape index (κ3) is 5.25. The maximum atomic E-state index is 12.5. The number of carbonyl (C=O) groups is 3. The van der Waals surface area contributed by atoms with Crippen molar-refractivity contribution in [3.8, 4) is 5.75 Å². The standard InChI is InChI=1S/C21H23N3O5/c1-12-18(25)24-16-11-15(9-10-17(16)28-12)22-19(26)13-5-7-14(8-6-13)23-20(27)29-21(2,3)4/h5-12H,1-4H3,(H,22,26)(H,23,27)(H,24,25)/t12-/m0/s1. The first-order chi connectivity index (χ1) is 13.6. The molecule has 0 saturated carbocycles. The van der Waals surface area contributed by atoms with E-state index in [4.69, 9.17) is 9.47 Å². The zero-order valence-corrected chi connectivity index (χ0v) is 16.7. The zero-order valence-electron chi connectivity index (χ0n) is 16.7.